The van der Waals surface area contributed by atoms with E-state index in [4.69, 9.17) is 0 Å². The van der Waals surface area contributed by atoms with Gasteiger partial charge in [-0.25, -0.2) is 11.1 Å². The summed E-state index contributed by atoms with van der Waals surface area (Å²) in [6.07, 6.45) is 0. The summed E-state index contributed by atoms with van der Waals surface area (Å²) in [5.74, 6) is 0. The first-order chi connectivity index (χ1) is 15.8. The van der Waals surface area contributed by atoms with Crippen LogP contribution in [-0.2, 0) is 32.7 Å². The van der Waals surface area contributed by atoms with Crippen molar-refractivity contribution in [1.82, 2.24) is 0 Å². The van der Waals surface area contributed by atoms with Gasteiger partial charge in [-0.15, -0.1) is 33.7 Å². The molecular formula is C32H18Y-2. The number of hydrogen-bond acceptors (Lipinski definition) is 0. The first-order valence-corrected chi connectivity index (χ1v) is 10.9. The van der Waals surface area contributed by atoms with Crippen molar-refractivity contribution in [2.75, 3.05) is 0 Å². The van der Waals surface area contributed by atoms with Gasteiger partial charge >= 0.3 is 0 Å². The molecule has 33 heavy (non-hydrogen) atoms. The van der Waals surface area contributed by atoms with Crippen molar-refractivity contribution in [3.8, 4) is 11.1 Å². The quantitative estimate of drug-likeness (QED) is 0.159. The van der Waals surface area contributed by atoms with Gasteiger partial charge in [0.1, 0.15) is 0 Å². The Morgan fingerprint density at radius 1 is 0.424 bits per heavy atom. The monoisotopic (exact) mass is 491 g/mol. The summed E-state index contributed by atoms with van der Waals surface area (Å²) in [5, 5.41) is 12.5. The molecule has 0 fully saturated rings. The van der Waals surface area contributed by atoms with Crippen molar-refractivity contribution in [3.05, 3.63) is 121 Å². The molecule has 7 aromatic rings. The SMILES string of the molecule is [Y].[c-]1cc2cc3cc4ccccc4cc3cc2cc1-c1[c-]ccc2cc3ccccc3cc12. The van der Waals surface area contributed by atoms with E-state index < -0.39 is 0 Å². The van der Waals surface area contributed by atoms with Crippen molar-refractivity contribution in [3.63, 3.8) is 0 Å². The third-order valence-electron chi connectivity index (χ3n) is 6.54. The van der Waals surface area contributed by atoms with Crippen LogP contribution < -0.4 is 0 Å². The van der Waals surface area contributed by atoms with Gasteiger partial charge in [0.15, 0.2) is 0 Å². The minimum absolute atomic E-state index is 0. The molecule has 0 atom stereocenters. The predicted molar refractivity (Wildman–Crippen MR) is 137 cm³/mol. The van der Waals surface area contributed by atoms with Crippen LogP contribution in [0.3, 0.4) is 0 Å². The molecule has 0 amide bonds. The summed E-state index contributed by atoms with van der Waals surface area (Å²) in [4.78, 5) is 0. The molecule has 0 saturated heterocycles. The summed E-state index contributed by atoms with van der Waals surface area (Å²) in [6.45, 7) is 0. The van der Waals surface area contributed by atoms with Gasteiger partial charge in [-0.05, 0) is 44.5 Å². The summed E-state index contributed by atoms with van der Waals surface area (Å²) in [7, 11) is 0. The second-order valence-corrected chi connectivity index (χ2v) is 8.51. The van der Waals surface area contributed by atoms with E-state index in [2.05, 4.69) is 115 Å². The van der Waals surface area contributed by atoms with E-state index in [1.54, 1.807) is 0 Å². The molecule has 0 nitrogen and oxygen atoms in total. The maximum atomic E-state index is 3.54. The standard InChI is InChI=1S/C32H18.Y/c1-2-8-23-16-30-19-28-18-27(13-12-25(28)17-29(30)15-22(23)7-1)31-11-5-10-26-14-21-6-3-4-9-24(21)20-32(26)31;/h1-10,12,14-20H;/q-2;. The molecule has 7 rings (SSSR count). The average Bonchev–Trinajstić information content (AvgIpc) is 2.84. The summed E-state index contributed by atoms with van der Waals surface area (Å²) >= 11 is 0. The fourth-order valence-electron chi connectivity index (χ4n) is 4.90. The van der Waals surface area contributed by atoms with Gasteiger partial charge in [-0.2, -0.15) is 24.3 Å². The Morgan fingerprint density at radius 2 is 0.939 bits per heavy atom. The van der Waals surface area contributed by atoms with Crippen LogP contribution in [0.5, 0.6) is 0 Å². The molecule has 0 saturated carbocycles. The maximum Gasteiger partial charge on any atom is 0 e. The van der Waals surface area contributed by atoms with Crippen LogP contribution in [0.1, 0.15) is 0 Å². The van der Waals surface area contributed by atoms with E-state index in [1.807, 2.05) is 6.07 Å². The van der Waals surface area contributed by atoms with Gasteiger partial charge < -0.3 is 0 Å². The maximum absolute atomic E-state index is 3.54. The van der Waals surface area contributed by atoms with Crippen LogP contribution in [-0.4, -0.2) is 0 Å². The van der Waals surface area contributed by atoms with Gasteiger partial charge in [0.25, 0.3) is 0 Å². The normalized spacial score (nSPS) is 11.4. The first kappa shape index (κ1) is 20.5. The predicted octanol–water partition coefficient (Wildman–Crippen LogP) is 8.72. The van der Waals surface area contributed by atoms with Crippen LogP contribution in [0.2, 0.25) is 0 Å². The Bertz CT molecular complexity index is 1830. The second kappa shape index (κ2) is 8.06. The van der Waals surface area contributed by atoms with Crippen LogP contribution in [0, 0.1) is 12.1 Å². The zero-order valence-corrected chi connectivity index (χ0v) is 20.8. The van der Waals surface area contributed by atoms with E-state index in [9.17, 15) is 0 Å². The molecule has 0 aromatic heterocycles. The summed E-state index contributed by atoms with van der Waals surface area (Å²) in [6, 6.07) is 46.3. The molecule has 0 aliphatic carbocycles. The van der Waals surface area contributed by atoms with Crippen molar-refractivity contribution < 1.29 is 32.7 Å². The van der Waals surface area contributed by atoms with Crippen molar-refractivity contribution in [2.45, 2.75) is 0 Å². The average molecular weight is 491 g/mol. The van der Waals surface area contributed by atoms with Gasteiger partial charge in [0.2, 0.25) is 0 Å². The number of rotatable bonds is 1. The van der Waals surface area contributed by atoms with Crippen LogP contribution in [0.4, 0.5) is 0 Å². The van der Waals surface area contributed by atoms with Crippen LogP contribution in [0.25, 0.3) is 65.0 Å². The van der Waals surface area contributed by atoms with Gasteiger partial charge in [0, 0.05) is 32.7 Å². The molecule has 0 aliphatic heterocycles. The van der Waals surface area contributed by atoms with Gasteiger partial charge in [-0.1, -0.05) is 72.8 Å². The molecule has 0 N–H and O–H groups in total. The van der Waals surface area contributed by atoms with Crippen molar-refractivity contribution in [2.24, 2.45) is 0 Å². The first-order valence-electron chi connectivity index (χ1n) is 10.9. The van der Waals surface area contributed by atoms with E-state index in [0.717, 1.165) is 11.1 Å². The molecule has 0 aliphatic rings. The minimum atomic E-state index is 0. The Hall–Kier alpha value is -3.06. The molecule has 0 heterocycles. The zero-order chi connectivity index (χ0) is 21.1. The molecule has 1 heteroatoms. The van der Waals surface area contributed by atoms with Gasteiger partial charge in [-0.3, -0.25) is 0 Å². The van der Waals surface area contributed by atoms with Gasteiger partial charge in [0.05, 0.1) is 0 Å². The summed E-state index contributed by atoms with van der Waals surface area (Å²) in [5.41, 5.74) is 2.19. The molecular weight excluding hydrogens is 473 g/mol. The molecule has 1 radical (unpaired) electrons. The largest absolute Gasteiger partial charge is 0.225 e. The van der Waals surface area contributed by atoms with E-state index in [-0.39, 0.29) is 32.7 Å². The van der Waals surface area contributed by atoms with Crippen LogP contribution in [0.15, 0.2) is 109 Å². The van der Waals surface area contributed by atoms with E-state index in [0.29, 0.717) is 0 Å². The Balaban J connectivity index is 0.00000206. The fourth-order valence-corrected chi connectivity index (χ4v) is 4.90. The Labute approximate surface area is 217 Å². The molecule has 151 valence electrons. The Kier molecular flexibility index (Phi) is 5.02. The number of fused-ring (bicyclic) bond motifs is 5. The van der Waals surface area contributed by atoms with E-state index in [1.165, 1.54) is 53.9 Å². The zero-order valence-electron chi connectivity index (χ0n) is 18.0. The van der Waals surface area contributed by atoms with Crippen molar-refractivity contribution >= 4 is 53.9 Å². The molecule has 0 unspecified atom stereocenters. The molecule has 7 aromatic carbocycles. The van der Waals surface area contributed by atoms with E-state index >= 15 is 0 Å². The number of benzene rings is 7. The fraction of sp³-hybridized carbons (Fsp3) is 0. The smallest absolute Gasteiger partial charge is 0 e. The molecule has 0 bridgehead atoms. The second-order valence-electron chi connectivity index (χ2n) is 8.51. The topological polar surface area (TPSA) is 0 Å². The van der Waals surface area contributed by atoms with Crippen LogP contribution >= 0.6 is 0 Å². The third-order valence-corrected chi connectivity index (χ3v) is 6.54. The molecule has 0 spiro atoms. The third kappa shape index (κ3) is 3.46. The number of hydrogen-bond donors (Lipinski definition) is 0. The van der Waals surface area contributed by atoms with Crippen molar-refractivity contribution in [1.29, 1.82) is 0 Å². The summed E-state index contributed by atoms with van der Waals surface area (Å²) < 4.78 is 0. The minimum Gasteiger partial charge on any atom is -0.225 e. The Morgan fingerprint density at radius 3 is 1.61 bits per heavy atom.